The Hall–Kier alpha value is -4.92. The number of methoxy groups -OCH3 is 2. The SMILES string of the molecule is COc1cc(C(=O)C(=O)N2Cc3c(ncn3C)C[C@H]2C(=O)NC(CCCc2ccccc2)CCCc2ccccc2)cc(OC)c1C. The Kier molecular flexibility index (Phi) is 11.1. The first-order valence-corrected chi connectivity index (χ1v) is 16.2. The number of carbonyl (C=O) groups is 3. The van der Waals surface area contributed by atoms with E-state index in [4.69, 9.17) is 9.47 Å². The molecule has 9 nitrogen and oxygen atoms in total. The van der Waals surface area contributed by atoms with Crippen LogP contribution >= 0.6 is 0 Å². The van der Waals surface area contributed by atoms with Crippen LogP contribution in [0.25, 0.3) is 0 Å². The number of imidazole rings is 1. The molecule has 47 heavy (non-hydrogen) atoms. The van der Waals surface area contributed by atoms with Crippen molar-refractivity contribution in [2.45, 2.75) is 70.5 Å². The Morgan fingerprint density at radius 1 is 0.894 bits per heavy atom. The van der Waals surface area contributed by atoms with E-state index in [0.717, 1.165) is 55.5 Å². The molecule has 1 aliphatic rings. The number of rotatable bonds is 14. The largest absolute Gasteiger partial charge is 0.496 e. The van der Waals surface area contributed by atoms with Crippen molar-refractivity contribution >= 4 is 17.6 Å². The van der Waals surface area contributed by atoms with Gasteiger partial charge in [0, 0.05) is 30.6 Å². The number of nitrogens with zero attached hydrogens (tertiary/aromatic N) is 3. The number of nitrogens with one attached hydrogen (secondary N) is 1. The lowest BCUT2D eigenvalue weighted by Gasteiger charge is -2.35. The van der Waals surface area contributed by atoms with E-state index in [1.54, 1.807) is 18.5 Å². The number of aromatic nitrogens is 2. The Labute approximate surface area is 276 Å². The summed E-state index contributed by atoms with van der Waals surface area (Å²) in [6.45, 7) is 1.92. The minimum Gasteiger partial charge on any atom is -0.496 e. The topological polar surface area (TPSA) is 103 Å². The molecule has 0 radical (unpaired) electrons. The summed E-state index contributed by atoms with van der Waals surface area (Å²) in [5, 5.41) is 3.29. The van der Waals surface area contributed by atoms with Gasteiger partial charge < -0.3 is 24.3 Å². The lowest BCUT2D eigenvalue weighted by atomic mass is 9.96. The summed E-state index contributed by atoms with van der Waals surface area (Å²) in [5.74, 6) is -0.875. The second kappa shape index (κ2) is 15.6. The first-order chi connectivity index (χ1) is 22.8. The molecule has 0 bridgehead atoms. The van der Waals surface area contributed by atoms with Gasteiger partial charge in [0.05, 0.1) is 38.5 Å². The highest BCUT2D eigenvalue weighted by atomic mass is 16.5. The Morgan fingerprint density at radius 3 is 1.98 bits per heavy atom. The van der Waals surface area contributed by atoms with Crippen molar-refractivity contribution in [3.63, 3.8) is 0 Å². The van der Waals surface area contributed by atoms with E-state index in [1.807, 2.05) is 54.9 Å². The molecule has 9 heteroatoms. The number of amides is 2. The number of Topliss-reactive ketones (excluding diaryl/α,β-unsaturated/α-hetero) is 1. The molecule has 1 aromatic heterocycles. The second-order valence-electron chi connectivity index (χ2n) is 12.2. The summed E-state index contributed by atoms with van der Waals surface area (Å²) >= 11 is 0. The number of fused-ring (bicyclic) bond motifs is 1. The number of ether oxygens (including phenoxy) is 2. The third kappa shape index (κ3) is 8.09. The summed E-state index contributed by atoms with van der Waals surface area (Å²) < 4.78 is 12.7. The highest BCUT2D eigenvalue weighted by Crippen LogP contribution is 2.31. The smallest absolute Gasteiger partial charge is 0.296 e. The average Bonchev–Trinajstić information content (AvgIpc) is 3.47. The zero-order valence-corrected chi connectivity index (χ0v) is 27.7. The monoisotopic (exact) mass is 636 g/mol. The van der Waals surface area contributed by atoms with Crippen molar-refractivity contribution in [2.24, 2.45) is 7.05 Å². The molecular formula is C38H44N4O5. The van der Waals surface area contributed by atoms with Crippen molar-refractivity contribution in [3.8, 4) is 11.5 Å². The second-order valence-corrected chi connectivity index (χ2v) is 12.2. The van der Waals surface area contributed by atoms with Crippen LogP contribution < -0.4 is 14.8 Å². The third-order valence-corrected chi connectivity index (χ3v) is 9.07. The molecule has 0 fully saturated rings. The fourth-order valence-electron chi connectivity index (χ4n) is 6.34. The van der Waals surface area contributed by atoms with Gasteiger partial charge in [-0.05, 0) is 68.7 Å². The molecule has 0 saturated carbocycles. The maximum atomic E-state index is 14.1. The Bertz CT molecular complexity index is 1610. The van der Waals surface area contributed by atoms with E-state index in [-0.39, 0.29) is 30.5 Å². The molecule has 4 aromatic rings. The molecule has 5 rings (SSSR count). The minimum atomic E-state index is -0.881. The maximum absolute atomic E-state index is 14.1. The van der Waals surface area contributed by atoms with Gasteiger partial charge in [0.25, 0.3) is 11.7 Å². The standard InChI is InChI=1S/C38H44N4O5/c1-26-34(46-3)21-29(22-35(26)47-4)36(43)38(45)42-24-33-31(39-25-41(33)2)23-32(42)37(44)40-30(19-11-17-27-13-7-5-8-14-27)20-12-18-28-15-9-6-10-16-28/h5-10,13-16,21-22,25,30,32H,11-12,17-20,23-24H2,1-4H3,(H,40,44)/t32-/m0/s1. The van der Waals surface area contributed by atoms with Crippen LogP contribution in [0.5, 0.6) is 11.5 Å². The number of carbonyl (C=O) groups excluding carboxylic acids is 3. The normalized spacial score (nSPS) is 14.1. The number of benzene rings is 3. The van der Waals surface area contributed by atoms with Crippen LogP contribution in [-0.4, -0.2) is 58.4 Å². The number of ketones is 1. The summed E-state index contributed by atoms with van der Waals surface area (Å²) in [5.41, 5.74) is 4.94. The number of hydrogen-bond donors (Lipinski definition) is 1. The molecular weight excluding hydrogens is 592 g/mol. The fraction of sp³-hybridized carbons (Fsp3) is 0.368. The van der Waals surface area contributed by atoms with Crippen LogP contribution in [0, 0.1) is 6.92 Å². The van der Waals surface area contributed by atoms with Crippen molar-refractivity contribution < 1.29 is 23.9 Å². The molecule has 1 N–H and O–H groups in total. The molecule has 3 aromatic carbocycles. The predicted octanol–water partition coefficient (Wildman–Crippen LogP) is 5.41. The molecule has 0 spiro atoms. The van der Waals surface area contributed by atoms with Gasteiger partial charge in [-0.25, -0.2) is 4.98 Å². The van der Waals surface area contributed by atoms with Crippen molar-refractivity contribution in [3.05, 3.63) is 113 Å². The third-order valence-electron chi connectivity index (χ3n) is 9.07. The zero-order chi connectivity index (χ0) is 33.3. The van der Waals surface area contributed by atoms with E-state index < -0.39 is 17.7 Å². The van der Waals surface area contributed by atoms with Gasteiger partial charge in [0.2, 0.25) is 5.91 Å². The first kappa shape index (κ1) is 33.4. The van der Waals surface area contributed by atoms with Gasteiger partial charge in [-0.1, -0.05) is 60.7 Å². The van der Waals surface area contributed by atoms with Gasteiger partial charge >= 0.3 is 0 Å². The molecule has 246 valence electrons. The highest BCUT2D eigenvalue weighted by molar-refractivity contribution is 6.43. The van der Waals surface area contributed by atoms with Gasteiger partial charge in [0.1, 0.15) is 17.5 Å². The van der Waals surface area contributed by atoms with Crippen LogP contribution in [0.2, 0.25) is 0 Å². The van der Waals surface area contributed by atoms with Crippen LogP contribution in [-0.2, 0) is 42.4 Å². The average molecular weight is 637 g/mol. The fourth-order valence-corrected chi connectivity index (χ4v) is 6.34. The van der Waals surface area contributed by atoms with E-state index in [9.17, 15) is 14.4 Å². The summed E-state index contributed by atoms with van der Waals surface area (Å²) in [6.07, 6.45) is 7.15. The van der Waals surface area contributed by atoms with E-state index in [1.165, 1.54) is 30.2 Å². The Balaban J connectivity index is 1.35. The molecule has 0 unspecified atom stereocenters. The van der Waals surface area contributed by atoms with E-state index in [0.29, 0.717) is 11.5 Å². The van der Waals surface area contributed by atoms with Gasteiger partial charge in [-0.3, -0.25) is 14.4 Å². The Morgan fingerprint density at radius 2 is 1.45 bits per heavy atom. The maximum Gasteiger partial charge on any atom is 0.296 e. The summed E-state index contributed by atoms with van der Waals surface area (Å²) in [4.78, 5) is 47.7. The molecule has 2 amide bonds. The van der Waals surface area contributed by atoms with E-state index in [2.05, 4.69) is 34.6 Å². The van der Waals surface area contributed by atoms with Crippen LogP contribution in [0.3, 0.4) is 0 Å². The van der Waals surface area contributed by atoms with Gasteiger partial charge in [0.15, 0.2) is 0 Å². The molecule has 0 aliphatic carbocycles. The molecule has 1 aliphatic heterocycles. The molecule has 2 heterocycles. The zero-order valence-electron chi connectivity index (χ0n) is 27.7. The summed E-state index contributed by atoms with van der Waals surface area (Å²) in [6, 6.07) is 22.8. The lowest BCUT2D eigenvalue weighted by molar-refractivity contribution is -0.139. The highest BCUT2D eigenvalue weighted by Gasteiger charge is 2.40. The number of aryl methyl sites for hydroxylation is 3. The summed E-state index contributed by atoms with van der Waals surface area (Å²) in [7, 11) is 4.85. The van der Waals surface area contributed by atoms with Gasteiger partial charge in [-0.2, -0.15) is 0 Å². The van der Waals surface area contributed by atoms with Crippen molar-refractivity contribution in [1.82, 2.24) is 19.8 Å². The van der Waals surface area contributed by atoms with Crippen LogP contribution in [0.4, 0.5) is 0 Å². The van der Waals surface area contributed by atoms with Crippen LogP contribution in [0.15, 0.2) is 79.1 Å². The lowest BCUT2D eigenvalue weighted by Crippen LogP contribution is -2.56. The predicted molar refractivity (Wildman–Crippen MR) is 181 cm³/mol. The number of hydrogen-bond acceptors (Lipinski definition) is 6. The minimum absolute atomic E-state index is 0.0849. The van der Waals surface area contributed by atoms with Crippen molar-refractivity contribution in [2.75, 3.05) is 14.2 Å². The van der Waals surface area contributed by atoms with Gasteiger partial charge in [-0.15, -0.1) is 0 Å². The molecule has 1 atom stereocenters. The van der Waals surface area contributed by atoms with Crippen molar-refractivity contribution in [1.29, 1.82) is 0 Å². The van der Waals surface area contributed by atoms with Crippen LogP contribution in [0.1, 0.15) is 64.1 Å². The van der Waals surface area contributed by atoms with E-state index >= 15 is 0 Å². The molecule has 0 saturated heterocycles. The first-order valence-electron chi connectivity index (χ1n) is 16.2. The quantitative estimate of drug-likeness (QED) is 0.147.